The van der Waals surface area contributed by atoms with Crippen LogP contribution in [0.25, 0.3) is 10.8 Å². The van der Waals surface area contributed by atoms with Crippen molar-refractivity contribution in [3.8, 4) is 10.8 Å². The van der Waals surface area contributed by atoms with Crippen molar-refractivity contribution in [3.63, 3.8) is 0 Å². The van der Waals surface area contributed by atoms with Gasteiger partial charge >= 0.3 is 0 Å². The lowest BCUT2D eigenvalue weighted by molar-refractivity contribution is 0.189. The number of piperidine rings is 1. The molecule has 116 valence electrons. The molecule has 0 amide bonds. The molecular weight excluding hydrogens is 306 g/mol. The Hall–Kier alpha value is -0.880. The number of aromatic nitrogens is 1. The predicted octanol–water partition coefficient (Wildman–Crippen LogP) is 3.32. The van der Waals surface area contributed by atoms with Crippen LogP contribution in [0.1, 0.15) is 24.3 Å². The van der Waals surface area contributed by atoms with Crippen molar-refractivity contribution >= 4 is 23.7 Å². The standard InChI is InChI=1S/C15H21N3OS.ClH/c1-11-13(10-18(2)12-5-7-16-8-6-12)17-15(19-11)14-4-3-9-20-14;/h3-4,9,12,16H,5-8,10H2,1-2H3;1H. The van der Waals surface area contributed by atoms with E-state index in [9.17, 15) is 0 Å². The number of hydrogen-bond donors (Lipinski definition) is 1. The Kier molecular flexibility index (Phi) is 5.81. The van der Waals surface area contributed by atoms with Gasteiger partial charge < -0.3 is 9.73 Å². The number of nitrogens with one attached hydrogen (secondary N) is 1. The molecule has 0 radical (unpaired) electrons. The number of oxazole rings is 1. The third kappa shape index (κ3) is 3.86. The summed E-state index contributed by atoms with van der Waals surface area (Å²) in [5.41, 5.74) is 1.06. The van der Waals surface area contributed by atoms with Crippen LogP contribution in [0, 0.1) is 6.92 Å². The third-order valence-corrected chi connectivity index (χ3v) is 4.81. The topological polar surface area (TPSA) is 41.3 Å². The summed E-state index contributed by atoms with van der Waals surface area (Å²) in [6.07, 6.45) is 2.43. The van der Waals surface area contributed by atoms with Crippen LogP contribution in [0.15, 0.2) is 21.9 Å². The number of thiophene rings is 1. The molecule has 0 bridgehead atoms. The lowest BCUT2D eigenvalue weighted by Crippen LogP contribution is -2.40. The second-order valence-electron chi connectivity index (χ2n) is 5.40. The summed E-state index contributed by atoms with van der Waals surface area (Å²) in [4.78, 5) is 8.18. The summed E-state index contributed by atoms with van der Waals surface area (Å²) in [6, 6.07) is 4.73. The van der Waals surface area contributed by atoms with Gasteiger partial charge in [0.2, 0.25) is 5.89 Å². The Morgan fingerprint density at radius 2 is 2.19 bits per heavy atom. The molecule has 0 unspecified atom stereocenters. The highest BCUT2D eigenvalue weighted by atomic mass is 35.5. The van der Waals surface area contributed by atoms with Crippen LogP contribution in [0.5, 0.6) is 0 Å². The molecule has 0 aliphatic carbocycles. The van der Waals surface area contributed by atoms with Gasteiger partial charge in [-0.25, -0.2) is 4.98 Å². The van der Waals surface area contributed by atoms with E-state index in [1.54, 1.807) is 11.3 Å². The maximum atomic E-state index is 5.81. The average Bonchev–Trinajstić information content (AvgIpc) is 3.10. The van der Waals surface area contributed by atoms with Gasteiger partial charge in [0, 0.05) is 12.6 Å². The minimum atomic E-state index is 0. The summed E-state index contributed by atoms with van der Waals surface area (Å²) < 4.78 is 5.81. The van der Waals surface area contributed by atoms with Crippen LogP contribution in [0.4, 0.5) is 0 Å². The average molecular weight is 328 g/mol. The van der Waals surface area contributed by atoms with Crippen molar-refractivity contribution in [1.29, 1.82) is 0 Å². The van der Waals surface area contributed by atoms with E-state index in [2.05, 4.69) is 33.7 Å². The largest absolute Gasteiger partial charge is 0.440 e. The van der Waals surface area contributed by atoms with Gasteiger partial charge in [-0.15, -0.1) is 23.7 Å². The van der Waals surface area contributed by atoms with E-state index in [1.165, 1.54) is 12.8 Å². The molecule has 3 heterocycles. The molecule has 6 heteroatoms. The molecular formula is C15H22ClN3OS. The maximum absolute atomic E-state index is 5.81. The normalized spacial score (nSPS) is 16.1. The highest BCUT2D eigenvalue weighted by molar-refractivity contribution is 7.13. The molecule has 1 fully saturated rings. The van der Waals surface area contributed by atoms with Crippen molar-refractivity contribution in [2.75, 3.05) is 20.1 Å². The zero-order chi connectivity index (χ0) is 13.9. The highest BCUT2D eigenvalue weighted by Gasteiger charge is 2.20. The third-order valence-electron chi connectivity index (χ3n) is 3.96. The smallest absolute Gasteiger partial charge is 0.236 e. The van der Waals surface area contributed by atoms with Crippen molar-refractivity contribution < 1.29 is 4.42 Å². The molecule has 0 atom stereocenters. The first kappa shape index (κ1) is 16.5. The minimum absolute atomic E-state index is 0. The predicted molar refractivity (Wildman–Crippen MR) is 89.2 cm³/mol. The fourth-order valence-electron chi connectivity index (χ4n) is 2.69. The molecule has 2 aromatic heterocycles. The van der Waals surface area contributed by atoms with E-state index in [0.29, 0.717) is 6.04 Å². The zero-order valence-electron chi connectivity index (χ0n) is 12.5. The summed E-state index contributed by atoms with van der Waals surface area (Å²) in [5.74, 6) is 1.69. The highest BCUT2D eigenvalue weighted by Crippen LogP contribution is 2.26. The maximum Gasteiger partial charge on any atom is 0.236 e. The van der Waals surface area contributed by atoms with Gasteiger partial charge in [-0.05, 0) is 51.3 Å². The fraction of sp³-hybridized carbons (Fsp3) is 0.533. The lowest BCUT2D eigenvalue weighted by Gasteiger charge is -2.31. The molecule has 1 saturated heterocycles. The molecule has 0 aromatic carbocycles. The van der Waals surface area contributed by atoms with Gasteiger partial charge in [-0.2, -0.15) is 0 Å². The van der Waals surface area contributed by atoms with Gasteiger partial charge in [0.05, 0.1) is 10.6 Å². The van der Waals surface area contributed by atoms with E-state index in [-0.39, 0.29) is 12.4 Å². The molecule has 1 aliphatic heterocycles. The Morgan fingerprint density at radius 1 is 1.43 bits per heavy atom. The number of hydrogen-bond acceptors (Lipinski definition) is 5. The molecule has 3 rings (SSSR count). The monoisotopic (exact) mass is 327 g/mol. The number of nitrogens with zero attached hydrogens (tertiary/aromatic N) is 2. The van der Waals surface area contributed by atoms with Crippen LogP contribution in [0.2, 0.25) is 0 Å². The van der Waals surface area contributed by atoms with Crippen molar-refractivity contribution in [2.24, 2.45) is 0 Å². The molecule has 0 spiro atoms. The second kappa shape index (κ2) is 7.40. The number of aryl methyl sites for hydroxylation is 1. The van der Waals surface area contributed by atoms with Gasteiger partial charge in [0.1, 0.15) is 5.76 Å². The summed E-state index contributed by atoms with van der Waals surface area (Å²) >= 11 is 1.67. The van der Waals surface area contributed by atoms with E-state index >= 15 is 0 Å². The second-order valence-corrected chi connectivity index (χ2v) is 6.34. The number of halogens is 1. The van der Waals surface area contributed by atoms with Crippen molar-refractivity contribution in [1.82, 2.24) is 15.2 Å². The summed E-state index contributed by atoms with van der Waals surface area (Å²) in [7, 11) is 2.19. The Bertz CT molecular complexity index is 549. The molecule has 21 heavy (non-hydrogen) atoms. The molecule has 4 nitrogen and oxygen atoms in total. The number of rotatable bonds is 4. The van der Waals surface area contributed by atoms with Crippen LogP contribution in [-0.4, -0.2) is 36.1 Å². The van der Waals surface area contributed by atoms with Crippen LogP contribution < -0.4 is 5.32 Å². The summed E-state index contributed by atoms with van der Waals surface area (Å²) in [5, 5.41) is 5.46. The van der Waals surface area contributed by atoms with Crippen LogP contribution in [0.3, 0.4) is 0 Å². The Morgan fingerprint density at radius 3 is 2.86 bits per heavy atom. The Balaban J connectivity index is 0.00000161. The zero-order valence-corrected chi connectivity index (χ0v) is 14.1. The van der Waals surface area contributed by atoms with E-state index in [0.717, 1.165) is 41.9 Å². The van der Waals surface area contributed by atoms with Crippen LogP contribution in [-0.2, 0) is 6.54 Å². The lowest BCUT2D eigenvalue weighted by atomic mass is 10.1. The fourth-order valence-corrected chi connectivity index (χ4v) is 3.34. The van der Waals surface area contributed by atoms with Gasteiger partial charge in [-0.1, -0.05) is 6.07 Å². The van der Waals surface area contributed by atoms with E-state index in [1.807, 2.05) is 13.0 Å². The molecule has 1 aliphatic rings. The Labute approximate surface area is 136 Å². The van der Waals surface area contributed by atoms with Crippen molar-refractivity contribution in [3.05, 3.63) is 29.0 Å². The van der Waals surface area contributed by atoms with E-state index < -0.39 is 0 Å². The van der Waals surface area contributed by atoms with Gasteiger partial charge in [0.15, 0.2) is 0 Å². The van der Waals surface area contributed by atoms with Crippen LogP contribution >= 0.6 is 23.7 Å². The van der Waals surface area contributed by atoms with E-state index in [4.69, 9.17) is 4.42 Å². The summed E-state index contributed by atoms with van der Waals surface area (Å²) in [6.45, 7) is 5.11. The SMILES string of the molecule is Cc1oc(-c2cccs2)nc1CN(C)C1CCNCC1.Cl. The first-order valence-corrected chi connectivity index (χ1v) is 8.03. The molecule has 1 N–H and O–H groups in total. The quantitative estimate of drug-likeness (QED) is 0.935. The minimum Gasteiger partial charge on any atom is -0.440 e. The first-order chi connectivity index (χ1) is 9.74. The van der Waals surface area contributed by atoms with Gasteiger partial charge in [-0.3, -0.25) is 4.90 Å². The molecule has 2 aromatic rings. The van der Waals surface area contributed by atoms with Gasteiger partial charge in [0.25, 0.3) is 0 Å². The van der Waals surface area contributed by atoms with Crippen molar-refractivity contribution in [2.45, 2.75) is 32.4 Å². The molecule has 0 saturated carbocycles. The first-order valence-electron chi connectivity index (χ1n) is 7.15.